The summed E-state index contributed by atoms with van der Waals surface area (Å²) in [6.45, 7) is 1.66. The van der Waals surface area contributed by atoms with Gasteiger partial charge in [0, 0.05) is 12.7 Å². The molecule has 0 bridgehead atoms. The van der Waals surface area contributed by atoms with E-state index in [1.807, 2.05) is 30.3 Å². The van der Waals surface area contributed by atoms with Gasteiger partial charge in [0.25, 0.3) is 0 Å². The molecule has 1 aromatic carbocycles. The molecule has 5 heteroatoms. The second kappa shape index (κ2) is 7.37. The van der Waals surface area contributed by atoms with Gasteiger partial charge in [0.15, 0.2) is 0 Å². The van der Waals surface area contributed by atoms with Crippen molar-refractivity contribution in [1.82, 2.24) is 0 Å². The molecule has 0 fully saturated rings. The summed E-state index contributed by atoms with van der Waals surface area (Å²) in [6.07, 6.45) is 0. The molecule has 0 saturated carbocycles. The van der Waals surface area contributed by atoms with Crippen molar-refractivity contribution in [1.29, 1.82) is 0 Å². The molecule has 15 heavy (non-hydrogen) atoms. The number of para-hydroxylation sites is 1. The standard InChI is InChI=1S/C10H13NO2.2ClH/c1-8(10(12)13)11(2)9-6-4-3-5-7-9;;/h3-8H,1-2H3,(H,12,13);2*1H. The molecule has 0 amide bonds. The van der Waals surface area contributed by atoms with Gasteiger partial charge in [0.05, 0.1) is 0 Å². The van der Waals surface area contributed by atoms with Crippen LogP contribution in [0.3, 0.4) is 0 Å². The number of halogens is 2. The molecule has 1 N–H and O–H groups in total. The third-order valence-electron chi connectivity index (χ3n) is 2.10. The minimum atomic E-state index is -0.814. The van der Waals surface area contributed by atoms with Crippen molar-refractivity contribution in [3.63, 3.8) is 0 Å². The topological polar surface area (TPSA) is 40.5 Å². The lowest BCUT2D eigenvalue weighted by Gasteiger charge is -2.23. The van der Waals surface area contributed by atoms with Crippen LogP contribution in [0.15, 0.2) is 30.3 Å². The summed E-state index contributed by atoms with van der Waals surface area (Å²) >= 11 is 0. The zero-order chi connectivity index (χ0) is 9.84. The average Bonchev–Trinajstić information content (AvgIpc) is 2.17. The molecule has 1 unspecified atom stereocenters. The molecule has 0 aliphatic carbocycles. The molecular formula is C10H15Cl2NO2. The summed E-state index contributed by atoms with van der Waals surface area (Å²) in [4.78, 5) is 12.4. The lowest BCUT2D eigenvalue weighted by Crippen LogP contribution is -2.35. The SMILES string of the molecule is CC(C(=O)O)N(C)c1ccccc1.Cl.Cl. The summed E-state index contributed by atoms with van der Waals surface area (Å²) in [7, 11) is 1.77. The van der Waals surface area contributed by atoms with E-state index in [9.17, 15) is 4.79 Å². The van der Waals surface area contributed by atoms with Gasteiger partial charge in [0.1, 0.15) is 6.04 Å². The number of anilines is 1. The lowest BCUT2D eigenvalue weighted by molar-refractivity contribution is -0.138. The maximum Gasteiger partial charge on any atom is 0.326 e. The highest BCUT2D eigenvalue weighted by Gasteiger charge is 2.16. The minimum Gasteiger partial charge on any atom is -0.480 e. The highest BCUT2D eigenvalue weighted by atomic mass is 35.5. The number of benzene rings is 1. The number of hydrogen-bond acceptors (Lipinski definition) is 2. The number of aliphatic carboxylic acids is 1. The van der Waals surface area contributed by atoms with E-state index in [-0.39, 0.29) is 24.8 Å². The Morgan fingerprint density at radius 3 is 2.13 bits per heavy atom. The van der Waals surface area contributed by atoms with E-state index in [1.165, 1.54) is 0 Å². The Morgan fingerprint density at radius 2 is 1.73 bits per heavy atom. The summed E-state index contributed by atoms with van der Waals surface area (Å²) in [5, 5.41) is 8.77. The Hall–Kier alpha value is -0.930. The lowest BCUT2D eigenvalue weighted by atomic mass is 10.2. The minimum absolute atomic E-state index is 0. The van der Waals surface area contributed by atoms with Crippen LogP contribution in [0, 0.1) is 0 Å². The number of hydrogen-bond donors (Lipinski definition) is 1. The molecule has 0 aliphatic rings. The van der Waals surface area contributed by atoms with Gasteiger partial charge in [-0.1, -0.05) is 18.2 Å². The van der Waals surface area contributed by atoms with Gasteiger partial charge >= 0.3 is 5.97 Å². The summed E-state index contributed by atoms with van der Waals surface area (Å²) < 4.78 is 0. The van der Waals surface area contributed by atoms with Crippen molar-refractivity contribution >= 4 is 36.5 Å². The maximum absolute atomic E-state index is 10.7. The Labute approximate surface area is 102 Å². The first-order valence-electron chi connectivity index (χ1n) is 4.13. The van der Waals surface area contributed by atoms with E-state index < -0.39 is 12.0 Å². The van der Waals surface area contributed by atoms with Crippen LogP contribution in [0.1, 0.15) is 6.92 Å². The van der Waals surface area contributed by atoms with Crippen LogP contribution < -0.4 is 4.90 Å². The van der Waals surface area contributed by atoms with Gasteiger partial charge in [-0.05, 0) is 19.1 Å². The van der Waals surface area contributed by atoms with Gasteiger partial charge in [-0.2, -0.15) is 0 Å². The van der Waals surface area contributed by atoms with Gasteiger partial charge in [-0.15, -0.1) is 24.8 Å². The van der Waals surface area contributed by atoms with Crippen molar-refractivity contribution in [2.24, 2.45) is 0 Å². The molecule has 0 aliphatic heterocycles. The molecule has 0 saturated heterocycles. The smallest absolute Gasteiger partial charge is 0.326 e. The summed E-state index contributed by atoms with van der Waals surface area (Å²) in [5.41, 5.74) is 0.914. The highest BCUT2D eigenvalue weighted by Crippen LogP contribution is 2.13. The largest absolute Gasteiger partial charge is 0.480 e. The van der Waals surface area contributed by atoms with Crippen LogP contribution in [0.2, 0.25) is 0 Å². The number of carbonyl (C=O) groups is 1. The van der Waals surface area contributed by atoms with E-state index in [2.05, 4.69) is 0 Å². The van der Waals surface area contributed by atoms with Gasteiger partial charge in [0.2, 0.25) is 0 Å². The predicted molar refractivity (Wildman–Crippen MR) is 66.4 cm³/mol. The normalized spacial score (nSPS) is 10.5. The fourth-order valence-corrected chi connectivity index (χ4v) is 1.05. The van der Waals surface area contributed by atoms with Gasteiger partial charge in [-0.25, -0.2) is 4.79 Å². The quantitative estimate of drug-likeness (QED) is 0.898. The monoisotopic (exact) mass is 251 g/mol. The Balaban J connectivity index is 0. The molecule has 1 atom stereocenters. The van der Waals surface area contributed by atoms with Crippen LogP contribution in [-0.4, -0.2) is 24.2 Å². The molecule has 0 spiro atoms. The fraction of sp³-hybridized carbons (Fsp3) is 0.300. The summed E-state index contributed by atoms with van der Waals surface area (Å²) in [5.74, 6) is -0.814. The zero-order valence-corrected chi connectivity index (χ0v) is 10.2. The summed E-state index contributed by atoms with van der Waals surface area (Å²) in [6, 6.07) is 8.96. The first kappa shape index (κ1) is 16.5. The van der Waals surface area contributed by atoms with Crippen molar-refractivity contribution < 1.29 is 9.90 Å². The molecule has 0 radical (unpaired) electrons. The molecule has 0 heterocycles. The van der Waals surface area contributed by atoms with Crippen LogP contribution in [0.4, 0.5) is 5.69 Å². The first-order valence-corrected chi connectivity index (χ1v) is 4.13. The fourth-order valence-electron chi connectivity index (χ4n) is 1.05. The number of carboxylic acids is 1. The molecule has 86 valence electrons. The van der Waals surface area contributed by atoms with Crippen LogP contribution in [0.5, 0.6) is 0 Å². The molecule has 0 aromatic heterocycles. The van der Waals surface area contributed by atoms with Crippen LogP contribution in [-0.2, 0) is 4.79 Å². The zero-order valence-electron chi connectivity index (χ0n) is 8.58. The average molecular weight is 252 g/mol. The molecule has 1 rings (SSSR count). The molecular weight excluding hydrogens is 237 g/mol. The highest BCUT2D eigenvalue weighted by molar-refractivity contribution is 5.85. The second-order valence-corrected chi connectivity index (χ2v) is 2.96. The van der Waals surface area contributed by atoms with Crippen molar-refractivity contribution in [3.8, 4) is 0 Å². The van der Waals surface area contributed by atoms with Gasteiger partial charge in [-0.3, -0.25) is 0 Å². The second-order valence-electron chi connectivity index (χ2n) is 2.96. The van der Waals surface area contributed by atoms with Crippen molar-refractivity contribution in [2.75, 3.05) is 11.9 Å². The Bertz CT molecular complexity index is 293. The van der Waals surface area contributed by atoms with Crippen molar-refractivity contribution in [2.45, 2.75) is 13.0 Å². The number of nitrogens with zero attached hydrogens (tertiary/aromatic N) is 1. The van der Waals surface area contributed by atoms with E-state index in [1.54, 1.807) is 18.9 Å². The van der Waals surface area contributed by atoms with E-state index >= 15 is 0 Å². The molecule has 1 aromatic rings. The van der Waals surface area contributed by atoms with Crippen LogP contribution >= 0.6 is 24.8 Å². The maximum atomic E-state index is 10.7. The van der Waals surface area contributed by atoms with E-state index in [0.717, 1.165) is 5.69 Å². The van der Waals surface area contributed by atoms with Crippen LogP contribution in [0.25, 0.3) is 0 Å². The third-order valence-corrected chi connectivity index (χ3v) is 2.10. The number of rotatable bonds is 3. The van der Waals surface area contributed by atoms with E-state index in [0.29, 0.717) is 0 Å². The Kier molecular flexibility index (Phi) is 8.11. The predicted octanol–water partition coefficient (Wildman–Crippen LogP) is 2.44. The number of carboxylic acid groups (broad SMARTS) is 1. The Morgan fingerprint density at radius 1 is 1.27 bits per heavy atom. The number of likely N-dealkylation sites (N-methyl/N-ethyl adjacent to an activating group) is 1. The van der Waals surface area contributed by atoms with Gasteiger partial charge < -0.3 is 10.0 Å². The van der Waals surface area contributed by atoms with E-state index in [4.69, 9.17) is 5.11 Å². The molecule has 3 nitrogen and oxygen atoms in total. The first-order chi connectivity index (χ1) is 6.13. The third kappa shape index (κ3) is 4.40. The van der Waals surface area contributed by atoms with Crippen molar-refractivity contribution in [3.05, 3.63) is 30.3 Å².